The van der Waals surface area contributed by atoms with Crippen LogP contribution in [0.5, 0.6) is 0 Å². The first-order valence-electron chi connectivity index (χ1n) is 3.68. The van der Waals surface area contributed by atoms with Crippen LogP contribution >= 0.6 is 0 Å². The highest BCUT2D eigenvalue weighted by Gasteiger charge is 2.46. The van der Waals surface area contributed by atoms with E-state index in [4.69, 9.17) is 0 Å². The number of nitrogens with one attached hydrogen (secondary N) is 1. The van der Waals surface area contributed by atoms with Gasteiger partial charge < -0.3 is 5.32 Å². The summed E-state index contributed by atoms with van der Waals surface area (Å²) >= 11 is 0. The molecule has 1 spiro atoms. The van der Waals surface area contributed by atoms with Gasteiger partial charge in [0.2, 0.25) is 0 Å². The minimum absolute atomic E-state index is 0.735. The molecule has 1 heterocycles. The lowest BCUT2D eigenvalue weighted by Gasteiger charge is -2.53. The van der Waals surface area contributed by atoms with Crippen molar-refractivity contribution >= 4 is 0 Å². The van der Waals surface area contributed by atoms with Gasteiger partial charge in [-0.3, -0.25) is 0 Å². The molecule has 1 heteroatoms. The van der Waals surface area contributed by atoms with Gasteiger partial charge >= 0.3 is 0 Å². The molecule has 1 aliphatic carbocycles. The van der Waals surface area contributed by atoms with Crippen LogP contribution in [-0.2, 0) is 0 Å². The second kappa shape index (κ2) is 1.60. The zero-order valence-corrected chi connectivity index (χ0v) is 5.69. The number of rotatable bonds is 1. The molecule has 0 aromatic heterocycles. The Labute approximate surface area is 56.1 Å². The van der Waals surface area contributed by atoms with Gasteiger partial charge in [0.05, 0.1) is 0 Å². The highest BCUT2D eigenvalue weighted by Crippen LogP contribution is 2.48. The summed E-state index contributed by atoms with van der Waals surface area (Å²) in [4.78, 5) is 0. The fourth-order valence-electron chi connectivity index (χ4n) is 1.99. The van der Waals surface area contributed by atoms with Gasteiger partial charge in [-0.1, -0.05) is 6.08 Å². The average Bonchev–Trinajstić information content (AvgIpc) is 1.59. The quantitative estimate of drug-likeness (QED) is 0.516. The van der Waals surface area contributed by atoms with E-state index in [9.17, 15) is 0 Å². The molecule has 2 aliphatic rings. The van der Waals surface area contributed by atoms with Crippen LogP contribution in [0.25, 0.3) is 0 Å². The van der Waals surface area contributed by atoms with Crippen LogP contribution in [0.3, 0.4) is 0 Å². The van der Waals surface area contributed by atoms with Crippen LogP contribution in [0.1, 0.15) is 12.8 Å². The van der Waals surface area contributed by atoms with E-state index in [-0.39, 0.29) is 0 Å². The summed E-state index contributed by atoms with van der Waals surface area (Å²) in [6, 6.07) is 0. The van der Waals surface area contributed by atoms with Crippen molar-refractivity contribution < 1.29 is 0 Å². The standard InChI is InChI=1S/C8H13N/c1-2-7-3-8(4-7)5-9-6-8/h2,7,9H,1,3-6H2. The third-order valence-electron chi connectivity index (χ3n) is 2.72. The molecule has 2 rings (SSSR count). The largest absolute Gasteiger partial charge is 0.316 e. The summed E-state index contributed by atoms with van der Waals surface area (Å²) in [6.45, 7) is 6.31. The first-order valence-corrected chi connectivity index (χ1v) is 3.68. The van der Waals surface area contributed by atoms with Crippen molar-refractivity contribution in [3.8, 4) is 0 Å². The molecule has 0 aromatic carbocycles. The molecule has 1 nitrogen and oxygen atoms in total. The van der Waals surface area contributed by atoms with Crippen molar-refractivity contribution in [2.45, 2.75) is 12.8 Å². The monoisotopic (exact) mass is 123 g/mol. The van der Waals surface area contributed by atoms with Gasteiger partial charge in [0.1, 0.15) is 0 Å². The molecule has 0 atom stereocenters. The Bertz CT molecular complexity index is 128. The molecule has 0 unspecified atom stereocenters. The van der Waals surface area contributed by atoms with Crippen molar-refractivity contribution in [3.63, 3.8) is 0 Å². The summed E-state index contributed by atoms with van der Waals surface area (Å²) in [5, 5.41) is 3.31. The van der Waals surface area contributed by atoms with Crippen molar-refractivity contribution in [1.29, 1.82) is 0 Å². The molecule has 9 heavy (non-hydrogen) atoms. The molecular formula is C8H13N. The predicted octanol–water partition coefficient (Wildman–Crippen LogP) is 1.17. The maximum atomic E-state index is 3.79. The van der Waals surface area contributed by atoms with E-state index in [0.717, 1.165) is 11.3 Å². The highest BCUT2D eigenvalue weighted by atomic mass is 15.0. The maximum absolute atomic E-state index is 3.79. The Morgan fingerprint density at radius 3 is 2.44 bits per heavy atom. The SMILES string of the molecule is C=CC1CC2(CNC2)C1. The summed E-state index contributed by atoms with van der Waals surface area (Å²) in [6.07, 6.45) is 4.89. The molecule has 2 fully saturated rings. The second-order valence-corrected chi connectivity index (χ2v) is 3.51. The van der Waals surface area contributed by atoms with E-state index in [1.54, 1.807) is 0 Å². The normalized spacial score (nSPS) is 31.1. The van der Waals surface area contributed by atoms with Crippen molar-refractivity contribution in [1.82, 2.24) is 5.32 Å². The van der Waals surface area contributed by atoms with Gasteiger partial charge in [0.15, 0.2) is 0 Å². The average molecular weight is 123 g/mol. The van der Waals surface area contributed by atoms with Gasteiger partial charge in [-0.05, 0) is 24.2 Å². The van der Waals surface area contributed by atoms with Gasteiger partial charge in [-0.15, -0.1) is 6.58 Å². The molecule has 1 saturated heterocycles. The van der Waals surface area contributed by atoms with E-state index < -0.39 is 0 Å². The fraction of sp³-hybridized carbons (Fsp3) is 0.750. The third-order valence-corrected chi connectivity index (χ3v) is 2.72. The van der Waals surface area contributed by atoms with E-state index in [0.29, 0.717) is 0 Å². The number of hydrogen-bond donors (Lipinski definition) is 1. The van der Waals surface area contributed by atoms with E-state index in [1.807, 2.05) is 0 Å². The third kappa shape index (κ3) is 0.645. The minimum atomic E-state index is 0.735. The van der Waals surface area contributed by atoms with Crippen LogP contribution in [0.2, 0.25) is 0 Å². The van der Waals surface area contributed by atoms with Crippen molar-refractivity contribution in [2.75, 3.05) is 13.1 Å². The molecule has 0 bridgehead atoms. The summed E-state index contributed by atoms with van der Waals surface area (Å²) in [5.41, 5.74) is 0.735. The maximum Gasteiger partial charge on any atom is 0.00206 e. The molecule has 0 amide bonds. The summed E-state index contributed by atoms with van der Waals surface area (Å²) < 4.78 is 0. The zero-order valence-electron chi connectivity index (χ0n) is 5.69. The Hall–Kier alpha value is -0.300. The molecule has 1 N–H and O–H groups in total. The minimum Gasteiger partial charge on any atom is -0.316 e. The first kappa shape index (κ1) is 5.48. The Kier molecular flexibility index (Phi) is 0.974. The van der Waals surface area contributed by atoms with E-state index >= 15 is 0 Å². The molecule has 0 aromatic rings. The highest BCUT2D eigenvalue weighted by molar-refractivity contribution is 5.06. The van der Waals surface area contributed by atoms with E-state index in [1.165, 1.54) is 25.9 Å². The molecular weight excluding hydrogens is 110 g/mol. The first-order chi connectivity index (χ1) is 4.35. The lowest BCUT2D eigenvalue weighted by Crippen LogP contribution is -2.59. The number of allylic oxidation sites excluding steroid dienone is 1. The van der Waals surface area contributed by atoms with E-state index in [2.05, 4.69) is 18.0 Å². The second-order valence-electron chi connectivity index (χ2n) is 3.51. The van der Waals surface area contributed by atoms with Crippen LogP contribution in [0, 0.1) is 11.3 Å². The van der Waals surface area contributed by atoms with Gasteiger partial charge in [0, 0.05) is 13.1 Å². The van der Waals surface area contributed by atoms with Gasteiger partial charge in [-0.2, -0.15) is 0 Å². The van der Waals surface area contributed by atoms with Crippen LogP contribution < -0.4 is 5.32 Å². The fourth-order valence-corrected chi connectivity index (χ4v) is 1.99. The van der Waals surface area contributed by atoms with Gasteiger partial charge in [-0.25, -0.2) is 0 Å². The smallest absolute Gasteiger partial charge is 0.00206 e. The molecule has 1 aliphatic heterocycles. The summed E-state index contributed by atoms with van der Waals surface area (Å²) in [7, 11) is 0. The predicted molar refractivity (Wildman–Crippen MR) is 38.2 cm³/mol. The zero-order chi connectivity index (χ0) is 6.32. The molecule has 1 saturated carbocycles. The Morgan fingerprint density at radius 2 is 2.11 bits per heavy atom. The lowest BCUT2D eigenvalue weighted by molar-refractivity contribution is 0.0226. The van der Waals surface area contributed by atoms with Crippen molar-refractivity contribution in [3.05, 3.63) is 12.7 Å². The van der Waals surface area contributed by atoms with Gasteiger partial charge in [0.25, 0.3) is 0 Å². The molecule has 0 radical (unpaired) electrons. The number of hydrogen-bond acceptors (Lipinski definition) is 1. The van der Waals surface area contributed by atoms with Crippen LogP contribution in [0.4, 0.5) is 0 Å². The summed E-state index contributed by atoms with van der Waals surface area (Å²) in [5.74, 6) is 0.840. The molecule has 50 valence electrons. The Morgan fingerprint density at radius 1 is 1.44 bits per heavy atom. The van der Waals surface area contributed by atoms with Crippen LogP contribution in [-0.4, -0.2) is 13.1 Å². The van der Waals surface area contributed by atoms with Crippen molar-refractivity contribution in [2.24, 2.45) is 11.3 Å². The van der Waals surface area contributed by atoms with Crippen LogP contribution in [0.15, 0.2) is 12.7 Å². The topological polar surface area (TPSA) is 12.0 Å². The Balaban J connectivity index is 1.88. The lowest BCUT2D eigenvalue weighted by atomic mass is 9.59.